The minimum absolute atomic E-state index is 0.528. The lowest BCUT2D eigenvalue weighted by atomic mass is 9.65. The van der Waals surface area contributed by atoms with E-state index in [1.54, 1.807) is 0 Å². The largest absolute Gasteiger partial charge is 0.381 e. The van der Waals surface area contributed by atoms with Crippen LogP contribution < -0.4 is 0 Å². The Kier molecular flexibility index (Phi) is 10.1. The molecule has 6 rings (SSSR count). The van der Waals surface area contributed by atoms with Crippen molar-refractivity contribution in [3.05, 3.63) is 22.8 Å². The summed E-state index contributed by atoms with van der Waals surface area (Å²) in [6, 6.07) is 1.58. The van der Waals surface area contributed by atoms with Gasteiger partial charge < -0.3 is 4.74 Å². The lowest BCUT2D eigenvalue weighted by Crippen LogP contribution is -2.51. The molecule has 0 bridgehead atoms. The van der Waals surface area contributed by atoms with Crippen LogP contribution >= 0.6 is 0 Å². The number of hydrogen-bond donors (Lipinski definition) is 0. The third-order valence-corrected chi connectivity index (χ3v) is 14.3. The predicted molar refractivity (Wildman–Crippen MR) is 174 cm³/mol. The second-order valence-corrected chi connectivity index (χ2v) is 15.9. The lowest BCUT2D eigenvalue weighted by molar-refractivity contribution is 0.00944. The third-order valence-electron chi connectivity index (χ3n) is 14.3. The molecular weight excluding hydrogens is 498 g/mol. The van der Waals surface area contributed by atoms with Crippen LogP contribution in [0.15, 0.2) is 22.8 Å². The summed E-state index contributed by atoms with van der Waals surface area (Å²) in [5.41, 5.74) is 5.48. The van der Waals surface area contributed by atoms with E-state index in [4.69, 9.17) is 4.74 Å². The molecule has 9 unspecified atom stereocenters. The first-order valence-electron chi connectivity index (χ1n) is 18.7. The number of nitrogens with zero attached hydrogens (tertiary/aromatic N) is 1. The van der Waals surface area contributed by atoms with E-state index in [1.807, 2.05) is 23.8 Å². The summed E-state index contributed by atoms with van der Waals surface area (Å²) in [6.45, 7) is 11.3. The standard InChI is InChI=1S/C39H65NO/c1-6-29(33-14-13-30-10-8-9-11-32(30)24-33)22-28-12-20-38-36(23-28)26(3)27(4)37-25-34(17-21-39(37)40(38)7-2)31-15-18-35(41-5)19-16-31/h22,28,30-39H,6-21,23-25H2,1-5H3/b29-22+. The monoisotopic (exact) mass is 564 g/mol. The second kappa shape index (κ2) is 13.6. The number of fused-ring (bicyclic) bond motifs is 3. The highest BCUT2D eigenvalue weighted by molar-refractivity contribution is 5.25. The van der Waals surface area contributed by atoms with Crippen molar-refractivity contribution >= 4 is 0 Å². The van der Waals surface area contributed by atoms with Crippen molar-refractivity contribution in [2.45, 2.75) is 161 Å². The van der Waals surface area contributed by atoms with E-state index in [9.17, 15) is 0 Å². The van der Waals surface area contributed by atoms with Crippen LogP contribution in [-0.2, 0) is 4.74 Å². The van der Waals surface area contributed by atoms with Crippen molar-refractivity contribution in [1.29, 1.82) is 0 Å². The van der Waals surface area contributed by atoms with Crippen molar-refractivity contribution in [2.75, 3.05) is 13.7 Å². The maximum Gasteiger partial charge on any atom is 0.0571 e. The van der Waals surface area contributed by atoms with Crippen molar-refractivity contribution in [3.63, 3.8) is 0 Å². The molecule has 6 aliphatic rings. The Labute approximate surface area is 254 Å². The normalized spacial score (nSPS) is 44.5. The molecule has 0 spiro atoms. The van der Waals surface area contributed by atoms with Gasteiger partial charge in [-0.1, -0.05) is 62.3 Å². The van der Waals surface area contributed by atoms with Gasteiger partial charge >= 0.3 is 0 Å². The van der Waals surface area contributed by atoms with Gasteiger partial charge in [-0.25, -0.2) is 0 Å². The molecule has 9 atom stereocenters. The van der Waals surface area contributed by atoms with Crippen LogP contribution in [0.25, 0.3) is 0 Å². The van der Waals surface area contributed by atoms with Gasteiger partial charge in [0.25, 0.3) is 0 Å². The first-order valence-corrected chi connectivity index (χ1v) is 18.7. The number of rotatable bonds is 6. The van der Waals surface area contributed by atoms with Gasteiger partial charge in [0.15, 0.2) is 0 Å². The zero-order valence-electron chi connectivity index (χ0n) is 27.7. The van der Waals surface area contributed by atoms with Crippen LogP contribution in [0.4, 0.5) is 0 Å². The fraction of sp³-hybridized carbons (Fsp3) is 0.897. The van der Waals surface area contributed by atoms with Gasteiger partial charge in [-0.3, -0.25) is 4.90 Å². The van der Waals surface area contributed by atoms with Gasteiger partial charge in [0.2, 0.25) is 0 Å². The second-order valence-electron chi connectivity index (χ2n) is 15.9. The Hall–Kier alpha value is -0.600. The van der Waals surface area contributed by atoms with E-state index in [0.29, 0.717) is 6.10 Å². The van der Waals surface area contributed by atoms with E-state index >= 15 is 0 Å². The maximum absolute atomic E-state index is 5.72. The van der Waals surface area contributed by atoms with E-state index in [1.165, 1.54) is 122 Å². The number of hydrogen-bond acceptors (Lipinski definition) is 2. The fourth-order valence-electron chi connectivity index (χ4n) is 11.8. The molecule has 1 heterocycles. The van der Waals surface area contributed by atoms with Crippen molar-refractivity contribution < 1.29 is 4.74 Å². The molecule has 0 aromatic carbocycles. The van der Waals surface area contributed by atoms with Crippen molar-refractivity contribution in [3.8, 4) is 0 Å². The van der Waals surface area contributed by atoms with Crippen LogP contribution in [0.1, 0.15) is 143 Å². The minimum atomic E-state index is 0.528. The first kappa shape index (κ1) is 30.4. The summed E-state index contributed by atoms with van der Waals surface area (Å²) in [5.74, 6) is 7.28. The molecule has 2 heteroatoms. The third kappa shape index (κ3) is 6.32. The van der Waals surface area contributed by atoms with Gasteiger partial charge in [-0.05, 0) is 158 Å². The Balaban J connectivity index is 1.16. The average molecular weight is 564 g/mol. The highest BCUT2D eigenvalue weighted by Crippen LogP contribution is 2.51. The molecule has 1 aliphatic heterocycles. The smallest absolute Gasteiger partial charge is 0.0571 e. The summed E-state index contributed by atoms with van der Waals surface area (Å²) in [7, 11) is 1.92. The van der Waals surface area contributed by atoms with Crippen molar-refractivity contribution in [2.24, 2.45) is 47.3 Å². The van der Waals surface area contributed by atoms with Gasteiger partial charge in [-0.15, -0.1) is 0 Å². The molecule has 5 fully saturated rings. The Morgan fingerprint density at radius 3 is 1.95 bits per heavy atom. The van der Waals surface area contributed by atoms with Crippen molar-refractivity contribution in [1.82, 2.24) is 4.90 Å². The summed E-state index contributed by atoms with van der Waals surface area (Å²) < 4.78 is 5.72. The topological polar surface area (TPSA) is 12.5 Å². The number of methoxy groups -OCH3 is 1. The van der Waals surface area contributed by atoms with E-state index in [-0.39, 0.29) is 0 Å². The molecule has 0 radical (unpaired) electrons. The molecule has 0 aromatic heterocycles. The van der Waals surface area contributed by atoms with Crippen LogP contribution in [-0.4, -0.2) is 36.7 Å². The van der Waals surface area contributed by atoms with Crippen LogP contribution in [0.3, 0.4) is 0 Å². The van der Waals surface area contributed by atoms with E-state index in [0.717, 1.165) is 59.4 Å². The molecule has 5 saturated carbocycles. The zero-order chi connectivity index (χ0) is 28.5. The lowest BCUT2D eigenvalue weighted by Gasteiger charge is -2.48. The van der Waals surface area contributed by atoms with Gasteiger partial charge in [0.1, 0.15) is 0 Å². The molecule has 0 N–H and O–H groups in total. The summed E-state index contributed by atoms with van der Waals surface area (Å²) in [5, 5.41) is 0. The summed E-state index contributed by atoms with van der Waals surface area (Å²) in [6.07, 6.45) is 29.3. The van der Waals surface area contributed by atoms with E-state index < -0.39 is 0 Å². The van der Waals surface area contributed by atoms with E-state index in [2.05, 4.69) is 38.7 Å². The Bertz CT molecular complexity index is 926. The molecule has 232 valence electrons. The van der Waals surface area contributed by atoms with Crippen LogP contribution in [0, 0.1) is 47.3 Å². The number of allylic oxidation sites excluding steroid dienone is 2. The Morgan fingerprint density at radius 2 is 1.27 bits per heavy atom. The van der Waals surface area contributed by atoms with Gasteiger partial charge in [0.05, 0.1) is 6.10 Å². The van der Waals surface area contributed by atoms with Crippen LogP contribution in [0.2, 0.25) is 0 Å². The minimum Gasteiger partial charge on any atom is -0.381 e. The molecule has 0 amide bonds. The van der Waals surface area contributed by atoms with Crippen LogP contribution in [0.5, 0.6) is 0 Å². The molecule has 2 nitrogen and oxygen atoms in total. The fourth-order valence-corrected chi connectivity index (χ4v) is 11.8. The zero-order valence-corrected chi connectivity index (χ0v) is 27.7. The molecule has 0 saturated heterocycles. The van der Waals surface area contributed by atoms with Gasteiger partial charge in [-0.2, -0.15) is 0 Å². The Morgan fingerprint density at radius 1 is 0.683 bits per heavy atom. The SMILES string of the molecule is CC/C(=C\C1CCC2C(C1)C(C)=C(C)C1CC(C3CCC(OC)CC3)CCC1N2CC)C1CCC2CCCCC2C1. The summed E-state index contributed by atoms with van der Waals surface area (Å²) in [4.78, 5) is 3.05. The molecule has 5 aliphatic carbocycles. The maximum atomic E-state index is 5.72. The van der Waals surface area contributed by atoms with Gasteiger partial charge in [0, 0.05) is 19.2 Å². The predicted octanol–water partition coefficient (Wildman–Crippen LogP) is 10.4. The first-order chi connectivity index (χ1) is 20.0. The highest BCUT2D eigenvalue weighted by atomic mass is 16.5. The summed E-state index contributed by atoms with van der Waals surface area (Å²) >= 11 is 0. The molecular formula is C39H65NO. The molecule has 0 aromatic rings. The quantitative estimate of drug-likeness (QED) is 0.298. The molecule has 41 heavy (non-hydrogen) atoms. The average Bonchev–Trinajstić information content (AvgIpc) is 3.11. The number of ether oxygens (including phenoxy) is 1. The highest BCUT2D eigenvalue weighted by Gasteiger charge is 2.46.